The Bertz CT molecular complexity index is 476. The summed E-state index contributed by atoms with van der Waals surface area (Å²) in [5, 5.41) is 15.6. The summed E-state index contributed by atoms with van der Waals surface area (Å²) < 4.78 is 5.76. The van der Waals surface area contributed by atoms with E-state index < -0.39 is 0 Å². The van der Waals surface area contributed by atoms with Crippen molar-refractivity contribution >= 4 is 17.5 Å². The number of phenols is 1. The Kier molecular flexibility index (Phi) is 6.29. The maximum Gasteiger partial charge on any atom is 0.251 e. The van der Waals surface area contributed by atoms with Gasteiger partial charge in [-0.15, -0.1) is 0 Å². The Hall–Kier alpha value is -1.30. The number of amides is 1. The van der Waals surface area contributed by atoms with Crippen molar-refractivity contribution in [1.82, 2.24) is 10.6 Å². The number of phenolic OH excluding ortho intramolecular Hbond substituents is 1. The maximum atomic E-state index is 11.9. The van der Waals surface area contributed by atoms with Gasteiger partial charge in [-0.05, 0) is 50.6 Å². The van der Waals surface area contributed by atoms with E-state index in [1.54, 1.807) is 6.07 Å². The molecule has 0 aliphatic carbocycles. The van der Waals surface area contributed by atoms with Gasteiger partial charge in [-0.1, -0.05) is 11.6 Å². The van der Waals surface area contributed by atoms with Gasteiger partial charge in [0.2, 0.25) is 0 Å². The first-order valence-electron chi connectivity index (χ1n) is 7.26. The van der Waals surface area contributed by atoms with Gasteiger partial charge in [0.1, 0.15) is 5.75 Å². The van der Waals surface area contributed by atoms with Crippen LogP contribution in [0.2, 0.25) is 5.02 Å². The third kappa shape index (κ3) is 5.19. The molecule has 6 heteroatoms. The first kappa shape index (κ1) is 16.1. The Balaban J connectivity index is 1.63. The van der Waals surface area contributed by atoms with Crippen molar-refractivity contribution < 1.29 is 14.6 Å². The van der Waals surface area contributed by atoms with Crippen LogP contribution in [0.15, 0.2) is 18.2 Å². The summed E-state index contributed by atoms with van der Waals surface area (Å²) >= 11 is 5.77. The van der Waals surface area contributed by atoms with E-state index in [4.69, 9.17) is 16.3 Å². The van der Waals surface area contributed by atoms with Gasteiger partial charge in [0.25, 0.3) is 5.91 Å². The summed E-state index contributed by atoms with van der Waals surface area (Å²) in [6.07, 6.45) is 3.23. The molecule has 2 rings (SSSR count). The maximum absolute atomic E-state index is 11.9. The van der Waals surface area contributed by atoms with Crippen LogP contribution < -0.4 is 10.6 Å². The molecule has 1 amide bonds. The van der Waals surface area contributed by atoms with E-state index >= 15 is 0 Å². The Morgan fingerprint density at radius 1 is 1.43 bits per heavy atom. The van der Waals surface area contributed by atoms with E-state index in [-0.39, 0.29) is 16.7 Å². The number of ether oxygens (including phenoxy) is 1. The number of carbonyl (C=O) groups excluding carboxylic acids is 1. The van der Waals surface area contributed by atoms with Crippen LogP contribution in [0.3, 0.4) is 0 Å². The van der Waals surface area contributed by atoms with Crippen molar-refractivity contribution in [3.05, 3.63) is 28.8 Å². The largest absolute Gasteiger partial charge is 0.506 e. The summed E-state index contributed by atoms with van der Waals surface area (Å²) in [6.45, 7) is 3.25. The minimum absolute atomic E-state index is 0.0245. The number of nitrogens with one attached hydrogen (secondary N) is 2. The second kappa shape index (κ2) is 8.22. The van der Waals surface area contributed by atoms with E-state index in [2.05, 4.69) is 10.6 Å². The highest BCUT2D eigenvalue weighted by molar-refractivity contribution is 6.32. The van der Waals surface area contributed by atoms with E-state index in [1.165, 1.54) is 12.1 Å². The van der Waals surface area contributed by atoms with Gasteiger partial charge in [-0.25, -0.2) is 0 Å². The van der Waals surface area contributed by atoms with E-state index in [0.717, 1.165) is 32.4 Å². The minimum atomic E-state index is -0.196. The summed E-state index contributed by atoms with van der Waals surface area (Å²) in [6, 6.07) is 4.41. The second-order valence-corrected chi connectivity index (χ2v) is 5.50. The molecular weight excluding hydrogens is 292 g/mol. The molecule has 21 heavy (non-hydrogen) atoms. The smallest absolute Gasteiger partial charge is 0.251 e. The number of carbonyl (C=O) groups is 1. The fraction of sp³-hybridized carbons (Fsp3) is 0.533. The lowest BCUT2D eigenvalue weighted by molar-refractivity contribution is 0.0318. The summed E-state index contributed by atoms with van der Waals surface area (Å²) in [7, 11) is 0. The molecule has 5 nitrogen and oxygen atoms in total. The van der Waals surface area contributed by atoms with Crippen molar-refractivity contribution in [2.75, 3.05) is 26.2 Å². The van der Waals surface area contributed by atoms with Crippen molar-refractivity contribution in [1.29, 1.82) is 0 Å². The van der Waals surface area contributed by atoms with E-state index in [0.29, 0.717) is 24.8 Å². The first-order chi connectivity index (χ1) is 10.2. The van der Waals surface area contributed by atoms with Gasteiger partial charge >= 0.3 is 0 Å². The lowest BCUT2D eigenvalue weighted by atomic mass is 10.1. The van der Waals surface area contributed by atoms with Crippen LogP contribution >= 0.6 is 11.6 Å². The highest BCUT2D eigenvalue weighted by Crippen LogP contribution is 2.23. The molecule has 1 aliphatic heterocycles. The third-order valence-electron chi connectivity index (χ3n) is 3.46. The molecule has 1 aromatic carbocycles. The molecule has 3 N–H and O–H groups in total. The molecule has 0 atom stereocenters. The standard InChI is InChI=1S/C15H21ClN2O3/c16-13-10-11(2-3-14(13)19)15(20)18-6-1-9-21-12-4-7-17-8-5-12/h2-3,10,12,17,19H,1,4-9H2,(H,18,20). The predicted molar refractivity (Wildman–Crippen MR) is 81.9 cm³/mol. The number of hydrogen-bond acceptors (Lipinski definition) is 4. The number of benzene rings is 1. The predicted octanol–water partition coefficient (Wildman–Crippen LogP) is 1.93. The lowest BCUT2D eigenvalue weighted by Gasteiger charge is -2.22. The summed E-state index contributed by atoms with van der Waals surface area (Å²) in [5.41, 5.74) is 0.442. The highest BCUT2D eigenvalue weighted by Gasteiger charge is 2.12. The molecule has 0 radical (unpaired) electrons. The molecule has 1 heterocycles. The molecular formula is C15H21ClN2O3. The Labute approximate surface area is 129 Å². The van der Waals surface area contributed by atoms with E-state index in [1.807, 2.05) is 0 Å². The lowest BCUT2D eigenvalue weighted by Crippen LogP contribution is -2.33. The van der Waals surface area contributed by atoms with Gasteiger partial charge in [-0.2, -0.15) is 0 Å². The number of halogens is 1. The van der Waals surface area contributed by atoms with Crippen LogP contribution in [0.25, 0.3) is 0 Å². The molecule has 0 bridgehead atoms. The normalized spacial score (nSPS) is 15.9. The van der Waals surface area contributed by atoms with Crippen molar-refractivity contribution in [2.24, 2.45) is 0 Å². The summed E-state index contributed by atoms with van der Waals surface area (Å²) in [5.74, 6) is -0.220. The molecule has 0 spiro atoms. The molecule has 116 valence electrons. The zero-order chi connectivity index (χ0) is 15.1. The number of rotatable bonds is 6. The molecule has 1 aromatic rings. The van der Waals surface area contributed by atoms with Gasteiger partial charge in [0.15, 0.2) is 0 Å². The topological polar surface area (TPSA) is 70.6 Å². The van der Waals surface area contributed by atoms with Crippen LogP contribution in [0.1, 0.15) is 29.6 Å². The molecule has 1 aliphatic rings. The Morgan fingerprint density at radius 2 is 2.19 bits per heavy atom. The van der Waals surface area contributed by atoms with E-state index in [9.17, 15) is 9.90 Å². The average molecular weight is 313 g/mol. The zero-order valence-electron chi connectivity index (χ0n) is 11.9. The van der Waals surface area contributed by atoms with Crippen molar-refractivity contribution in [3.63, 3.8) is 0 Å². The van der Waals surface area contributed by atoms with Gasteiger partial charge in [-0.3, -0.25) is 4.79 Å². The second-order valence-electron chi connectivity index (χ2n) is 5.10. The number of piperidine rings is 1. The zero-order valence-corrected chi connectivity index (χ0v) is 12.7. The fourth-order valence-electron chi connectivity index (χ4n) is 2.24. The van der Waals surface area contributed by atoms with Gasteiger partial charge in [0, 0.05) is 18.7 Å². The monoisotopic (exact) mass is 312 g/mol. The molecule has 1 fully saturated rings. The van der Waals surface area contributed by atoms with Crippen LogP contribution in [-0.4, -0.2) is 43.4 Å². The summed E-state index contributed by atoms with van der Waals surface area (Å²) in [4.78, 5) is 11.9. The highest BCUT2D eigenvalue weighted by atomic mass is 35.5. The average Bonchev–Trinajstić information content (AvgIpc) is 2.50. The molecule has 0 aromatic heterocycles. The van der Waals surface area contributed by atoms with Crippen molar-refractivity contribution in [2.45, 2.75) is 25.4 Å². The van der Waals surface area contributed by atoms with Gasteiger partial charge < -0.3 is 20.5 Å². The SMILES string of the molecule is O=C(NCCCOC1CCNCC1)c1ccc(O)c(Cl)c1. The van der Waals surface area contributed by atoms with Crippen LogP contribution in [0.4, 0.5) is 0 Å². The number of hydrogen-bond donors (Lipinski definition) is 3. The first-order valence-corrected chi connectivity index (χ1v) is 7.63. The molecule has 1 saturated heterocycles. The minimum Gasteiger partial charge on any atom is -0.506 e. The quantitative estimate of drug-likeness (QED) is 0.702. The van der Waals surface area contributed by atoms with Crippen LogP contribution in [-0.2, 0) is 4.74 Å². The van der Waals surface area contributed by atoms with Gasteiger partial charge in [0.05, 0.1) is 11.1 Å². The van der Waals surface area contributed by atoms with Crippen molar-refractivity contribution in [3.8, 4) is 5.75 Å². The Morgan fingerprint density at radius 3 is 2.90 bits per heavy atom. The number of aromatic hydroxyl groups is 1. The van der Waals surface area contributed by atoms with Crippen LogP contribution in [0.5, 0.6) is 5.75 Å². The molecule has 0 unspecified atom stereocenters. The third-order valence-corrected chi connectivity index (χ3v) is 3.76. The van der Waals surface area contributed by atoms with Crippen LogP contribution in [0, 0.1) is 0 Å². The molecule has 0 saturated carbocycles. The fourth-order valence-corrected chi connectivity index (χ4v) is 2.42.